The van der Waals surface area contributed by atoms with Crippen molar-refractivity contribution >= 4 is 5.71 Å². The van der Waals surface area contributed by atoms with Crippen LogP contribution in [-0.4, -0.2) is 5.71 Å². The van der Waals surface area contributed by atoms with E-state index in [9.17, 15) is 0 Å². The highest BCUT2D eigenvalue weighted by Gasteiger charge is 2.16. The van der Waals surface area contributed by atoms with E-state index in [1.807, 2.05) is 13.1 Å². The molecule has 0 aromatic heterocycles. The molecule has 0 heterocycles. The largest absolute Gasteiger partial charge is 0.205 e. The van der Waals surface area contributed by atoms with E-state index in [0.717, 1.165) is 12.1 Å². The van der Waals surface area contributed by atoms with Crippen LogP contribution in [0.2, 0.25) is 0 Å². The molecule has 0 rings (SSSR count). The Hall–Kier alpha value is -0.840. The van der Waals surface area contributed by atoms with Crippen molar-refractivity contribution in [2.24, 2.45) is 10.4 Å². The molecule has 0 fully saturated rings. The SMILES string of the molecule is CCC(=NC#N)C(C)(C)C. The van der Waals surface area contributed by atoms with Gasteiger partial charge in [-0.25, -0.2) is 0 Å². The highest BCUT2D eigenvalue weighted by Crippen LogP contribution is 2.17. The Morgan fingerprint density at radius 2 is 2.00 bits per heavy atom. The summed E-state index contributed by atoms with van der Waals surface area (Å²) in [5.41, 5.74) is 1.01. The maximum Gasteiger partial charge on any atom is 0.205 e. The van der Waals surface area contributed by atoms with Crippen LogP contribution in [0.15, 0.2) is 4.99 Å². The molecule has 0 spiro atoms. The van der Waals surface area contributed by atoms with Crippen LogP contribution in [0, 0.1) is 16.9 Å². The lowest BCUT2D eigenvalue weighted by Crippen LogP contribution is -2.18. The molecule has 0 aromatic carbocycles. The number of hydrogen-bond donors (Lipinski definition) is 0. The Labute approximate surface area is 62.6 Å². The topological polar surface area (TPSA) is 36.1 Å². The summed E-state index contributed by atoms with van der Waals surface area (Å²) >= 11 is 0. The van der Waals surface area contributed by atoms with E-state index >= 15 is 0 Å². The van der Waals surface area contributed by atoms with Crippen LogP contribution < -0.4 is 0 Å². The van der Waals surface area contributed by atoms with E-state index in [1.165, 1.54) is 0 Å². The zero-order valence-electron chi connectivity index (χ0n) is 7.10. The number of nitriles is 1. The minimum absolute atomic E-state index is 0.0461. The molecule has 0 aliphatic carbocycles. The van der Waals surface area contributed by atoms with Gasteiger partial charge in [-0.3, -0.25) is 0 Å². The Morgan fingerprint density at radius 1 is 1.50 bits per heavy atom. The molecule has 0 atom stereocenters. The van der Waals surface area contributed by atoms with Crippen molar-refractivity contribution < 1.29 is 0 Å². The molecule has 2 nitrogen and oxygen atoms in total. The van der Waals surface area contributed by atoms with Gasteiger partial charge < -0.3 is 0 Å². The third-order valence-corrected chi connectivity index (χ3v) is 1.39. The maximum atomic E-state index is 8.29. The van der Waals surface area contributed by atoms with Crippen molar-refractivity contribution in [3.63, 3.8) is 0 Å². The smallest absolute Gasteiger partial charge is 0.182 e. The van der Waals surface area contributed by atoms with E-state index in [2.05, 4.69) is 25.8 Å². The van der Waals surface area contributed by atoms with E-state index in [-0.39, 0.29) is 5.41 Å². The lowest BCUT2D eigenvalue weighted by Gasteiger charge is -2.18. The third-order valence-electron chi connectivity index (χ3n) is 1.39. The number of hydrogen-bond acceptors (Lipinski definition) is 2. The summed E-state index contributed by atoms with van der Waals surface area (Å²) < 4.78 is 0. The molecule has 0 saturated carbocycles. The zero-order valence-corrected chi connectivity index (χ0v) is 7.10. The van der Waals surface area contributed by atoms with Gasteiger partial charge in [0.1, 0.15) is 0 Å². The Morgan fingerprint density at radius 3 is 2.10 bits per heavy atom. The second kappa shape index (κ2) is 3.36. The first kappa shape index (κ1) is 9.16. The summed E-state index contributed by atoms with van der Waals surface area (Å²) in [5.74, 6) is 0. The van der Waals surface area contributed by atoms with Gasteiger partial charge in [-0.15, -0.1) is 0 Å². The first-order valence-electron chi connectivity index (χ1n) is 3.48. The van der Waals surface area contributed by atoms with Crippen molar-refractivity contribution in [1.82, 2.24) is 0 Å². The van der Waals surface area contributed by atoms with Crippen molar-refractivity contribution in [1.29, 1.82) is 5.26 Å². The summed E-state index contributed by atoms with van der Waals surface area (Å²) in [6, 6.07) is 0. The minimum Gasteiger partial charge on any atom is -0.182 e. The first-order chi connectivity index (χ1) is 4.52. The second-order valence-corrected chi connectivity index (χ2v) is 3.26. The van der Waals surface area contributed by atoms with Crippen LogP contribution in [0.1, 0.15) is 34.1 Å². The molecule has 0 N–H and O–H groups in total. The van der Waals surface area contributed by atoms with Crippen LogP contribution in [-0.2, 0) is 0 Å². The fraction of sp³-hybridized carbons (Fsp3) is 0.750. The highest BCUT2D eigenvalue weighted by molar-refractivity contribution is 5.89. The summed E-state index contributed by atoms with van der Waals surface area (Å²) in [4.78, 5) is 3.74. The zero-order chi connectivity index (χ0) is 8.20. The Bertz CT molecular complexity index is 167. The van der Waals surface area contributed by atoms with Crippen molar-refractivity contribution in [3.05, 3.63) is 0 Å². The average Bonchev–Trinajstić information content (AvgIpc) is 1.80. The van der Waals surface area contributed by atoms with Crippen LogP contribution in [0.3, 0.4) is 0 Å². The molecular formula is C8H14N2. The molecular weight excluding hydrogens is 124 g/mol. The van der Waals surface area contributed by atoms with E-state index in [4.69, 9.17) is 5.26 Å². The van der Waals surface area contributed by atoms with Gasteiger partial charge in [0.15, 0.2) is 0 Å². The molecule has 0 aliphatic rings. The third kappa shape index (κ3) is 2.63. The monoisotopic (exact) mass is 138 g/mol. The highest BCUT2D eigenvalue weighted by atomic mass is 14.7. The number of nitrogens with zero attached hydrogens (tertiary/aromatic N) is 2. The quantitative estimate of drug-likeness (QED) is 0.404. The molecule has 0 aliphatic heterocycles. The second-order valence-electron chi connectivity index (χ2n) is 3.26. The summed E-state index contributed by atoms with van der Waals surface area (Å²) in [6.45, 7) is 8.20. The predicted molar refractivity (Wildman–Crippen MR) is 42.8 cm³/mol. The van der Waals surface area contributed by atoms with Crippen molar-refractivity contribution in [3.8, 4) is 6.19 Å². The van der Waals surface area contributed by atoms with E-state index in [0.29, 0.717) is 0 Å². The Balaban J connectivity index is 4.41. The van der Waals surface area contributed by atoms with Crippen molar-refractivity contribution in [2.75, 3.05) is 0 Å². The lowest BCUT2D eigenvalue weighted by atomic mass is 9.88. The molecule has 10 heavy (non-hydrogen) atoms. The summed E-state index contributed by atoms with van der Waals surface area (Å²) in [5, 5.41) is 8.29. The average molecular weight is 138 g/mol. The van der Waals surface area contributed by atoms with Gasteiger partial charge in [0.2, 0.25) is 6.19 Å². The van der Waals surface area contributed by atoms with Crippen LogP contribution in [0.25, 0.3) is 0 Å². The molecule has 2 heteroatoms. The van der Waals surface area contributed by atoms with Crippen molar-refractivity contribution in [2.45, 2.75) is 34.1 Å². The molecule has 0 amide bonds. The normalized spacial score (nSPS) is 12.9. The van der Waals surface area contributed by atoms with Gasteiger partial charge >= 0.3 is 0 Å². The van der Waals surface area contributed by atoms with Gasteiger partial charge in [-0.2, -0.15) is 10.3 Å². The van der Waals surface area contributed by atoms with Crippen LogP contribution >= 0.6 is 0 Å². The van der Waals surface area contributed by atoms with E-state index in [1.54, 1.807) is 0 Å². The molecule has 0 unspecified atom stereocenters. The van der Waals surface area contributed by atoms with Crippen LogP contribution in [0.4, 0.5) is 0 Å². The van der Waals surface area contributed by atoms with Gasteiger partial charge in [0, 0.05) is 11.1 Å². The number of rotatable bonds is 1. The van der Waals surface area contributed by atoms with Gasteiger partial charge in [0.05, 0.1) is 0 Å². The number of aliphatic imine (C=N–C) groups is 1. The first-order valence-corrected chi connectivity index (χ1v) is 3.48. The molecule has 56 valence electrons. The van der Waals surface area contributed by atoms with Gasteiger partial charge in [-0.1, -0.05) is 27.7 Å². The summed E-state index contributed by atoms with van der Waals surface area (Å²) in [6.07, 6.45) is 2.67. The molecule has 0 bridgehead atoms. The molecule has 0 saturated heterocycles. The van der Waals surface area contributed by atoms with E-state index < -0.39 is 0 Å². The Kier molecular flexibility index (Phi) is 3.08. The molecule has 0 aromatic rings. The standard InChI is InChI=1S/C8H14N2/c1-5-7(10-6-9)8(2,3)4/h5H2,1-4H3. The van der Waals surface area contributed by atoms with Gasteiger partial charge in [0.25, 0.3) is 0 Å². The fourth-order valence-electron chi connectivity index (χ4n) is 0.837. The minimum atomic E-state index is 0.0461. The molecule has 0 radical (unpaired) electrons. The van der Waals surface area contributed by atoms with Gasteiger partial charge in [-0.05, 0) is 6.42 Å². The van der Waals surface area contributed by atoms with Crippen LogP contribution in [0.5, 0.6) is 0 Å². The fourth-order valence-corrected chi connectivity index (χ4v) is 0.837. The lowest BCUT2D eigenvalue weighted by molar-refractivity contribution is 0.580. The predicted octanol–water partition coefficient (Wildman–Crippen LogP) is 2.36. The maximum absolute atomic E-state index is 8.29. The summed E-state index contributed by atoms with van der Waals surface area (Å²) in [7, 11) is 0.